The number of hydrogen-bond donors (Lipinski definition) is 2. The second-order valence-electron chi connectivity index (χ2n) is 4.50. The molecule has 2 N–H and O–H groups in total. The number of piperidine rings is 1. The average molecular weight is 200 g/mol. The first-order valence-corrected chi connectivity index (χ1v) is 5.79. The normalized spacial score (nSPS) is 25.3. The van der Waals surface area contributed by atoms with Gasteiger partial charge in [-0.3, -0.25) is 0 Å². The van der Waals surface area contributed by atoms with Gasteiger partial charge in [-0.1, -0.05) is 6.92 Å². The molecule has 1 heterocycles. The van der Waals surface area contributed by atoms with Gasteiger partial charge in [-0.15, -0.1) is 0 Å². The quantitative estimate of drug-likeness (QED) is 0.685. The first kappa shape index (κ1) is 12.0. The zero-order valence-corrected chi connectivity index (χ0v) is 9.50. The Bertz CT molecular complexity index is 146. The SMILES string of the molecule is CCC(O)CN(C)CC1CCCNC1. The van der Waals surface area contributed by atoms with Crippen LogP contribution in [0, 0.1) is 5.92 Å². The molecule has 84 valence electrons. The van der Waals surface area contributed by atoms with Gasteiger partial charge < -0.3 is 15.3 Å². The van der Waals surface area contributed by atoms with Crippen LogP contribution in [0.1, 0.15) is 26.2 Å². The van der Waals surface area contributed by atoms with Gasteiger partial charge in [-0.05, 0) is 45.3 Å². The summed E-state index contributed by atoms with van der Waals surface area (Å²) >= 11 is 0. The first-order valence-electron chi connectivity index (χ1n) is 5.79. The van der Waals surface area contributed by atoms with Crippen LogP contribution in [0.4, 0.5) is 0 Å². The van der Waals surface area contributed by atoms with Crippen LogP contribution < -0.4 is 5.32 Å². The van der Waals surface area contributed by atoms with Crippen molar-refractivity contribution in [1.29, 1.82) is 0 Å². The van der Waals surface area contributed by atoms with Gasteiger partial charge in [0.15, 0.2) is 0 Å². The van der Waals surface area contributed by atoms with Gasteiger partial charge in [0, 0.05) is 13.1 Å². The average Bonchev–Trinajstić information content (AvgIpc) is 2.19. The fraction of sp³-hybridized carbons (Fsp3) is 1.00. The van der Waals surface area contributed by atoms with Crippen LogP contribution in [0.15, 0.2) is 0 Å². The molecule has 1 aliphatic heterocycles. The third-order valence-electron chi connectivity index (χ3n) is 2.96. The van der Waals surface area contributed by atoms with Gasteiger partial charge >= 0.3 is 0 Å². The van der Waals surface area contributed by atoms with Crippen molar-refractivity contribution in [3.63, 3.8) is 0 Å². The van der Waals surface area contributed by atoms with E-state index in [-0.39, 0.29) is 6.10 Å². The highest BCUT2D eigenvalue weighted by Gasteiger charge is 2.15. The lowest BCUT2D eigenvalue weighted by atomic mass is 9.99. The summed E-state index contributed by atoms with van der Waals surface area (Å²) in [6.07, 6.45) is 3.33. The van der Waals surface area contributed by atoms with Crippen LogP contribution >= 0.6 is 0 Å². The molecule has 14 heavy (non-hydrogen) atoms. The Morgan fingerprint density at radius 1 is 1.57 bits per heavy atom. The predicted octanol–water partition coefficient (Wildman–Crippen LogP) is 0.689. The molecule has 0 spiro atoms. The van der Waals surface area contributed by atoms with Gasteiger partial charge in [0.05, 0.1) is 6.10 Å². The lowest BCUT2D eigenvalue weighted by Crippen LogP contribution is -2.39. The van der Waals surface area contributed by atoms with Crippen LogP contribution in [0.5, 0.6) is 0 Å². The Kier molecular flexibility index (Phi) is 5.45. The standard InChI is InChI=1S/C11H24N2O/c1-3-11(14)9-13(2)8-10-5-4-6-12-7-10/h10-12,14H,3-9H2,1-2H3. The largest absolute Gasteiger partial charge is 0.392 e. The van der Waals surface area contributed by atoms with Gasteiger partial charge in [0.25, 0.3) is 0 Å². The Balaban J connectivity index is 2.14. The molecule has 0 aromatic heterocycles. The topological polar surface area (TPSA) is 35.5 Å². The number of nitrogens with one attached hydrogen (secondary N) is 1. The van der Waals surface area contributed by atoms with Crippen LogP contribution in [0.3, 0.4) is 0 Å². The molecule has 1 saturated heterocycles. The lowest BCUT2D eigenvalue weighted by Gasteiger charge is -2.28. The second kappa shape index (κ2) is 6.38. The lowest BCUT2D eigenvalue weighted by molar-refractivity contribution is 0.111. The summed E-state index contributed by atoms with van der Waals surface area (Å²) in [5.41, 5.74) is 0. The van der Waals surface area contributed by atoms with E-state index < -0.39 is 0 Å². The third kappa shape index (κ3) is 4.40. The van der Waals surface area contributed by atoms with Crippen molar-refractivity contribution < 1.29 is 5.11 Å². The minimum absolute atomic E-state index is 0.156. The van der Waals surface area contributed by atoms with Gasteiger partial charge in [0.1, 0.15) is 0 Å². The maximum absolute atomic E-state index is 9.50. The van der Waals surface area contributed by atoms with E-state index in [0.717, 1.165) is 32.0 Å². The Labute approximate surface area is 87.5 Å². The van der Waals surface area contributed by atoms with Crippen molar-refractivity contribution in [2.24, 2.45) is 5.92 Å². The molecule has 2 atom stereocenters. The molecule has 0 aliphatic carbocycles. The highest BCUT2D eigenvalue weighted by molar-refractivity contribution is 4.72. The highest BCUT2D eigenvalue weighted by Crippen LogP contribution is 2.11. The number of rotatable bonds is 5. The molecule has 0 aromatic carbocycles. The zero-order valence-electron chi connectivity index (χ0n) is 9.50. The summed E-state index contributed by atoms with van der Waals surface area (Å²) in [5.74, 6) is 0.776. The molecule has 1 aliphatic rings. The Morgan fingerprint density at radius 2 is 2.36 bits per heavy atom. The molecule has 0 amide bonds. The molecule has 1 fully saturated rings. The van der Waals surface area contributed by atoms with Crippen LogP contribution in [0.25, 0.3) is 0 Å². The van der Waals surface area contributed by atoms with E-state index in [9.17, 15) is 5.11 Å². The smallest absolute Gasteiger partial charge is 0.0664 e. The molecule has 2 unspecified atom stereocenters. The fourth-order valence-electron chi connectivity index (χ4n) is 2.08. The minimum atomic E-state index is -0.156. The van der Waals surface area contributed by atoms with Crippen LogP contribution in [-0.2, 0) is 0 Å². The van der Waals surface area contributed by atoms with Gasteiger partial charge in [-0.25, -0.2) is 0 Å². The monoisotopic (exact) mass is 200 g/mol. The summed E-state index contributed by atoms with van der Waals surface area (Å²) in [5, 5.41) is 12.9. The summed E-state index contributed by atoms with van der Waals surface area (Å²) in [7, 11) is 2.10. The maximum Gasteiger partial charge on any atom is 0.0664 e. The molecule has 0 bridgehead atoms. The zero-order chi connectivity index (χ0) is 10.4. The van der Waals surface area contributed by atoms with Crippen LogP contribution in [-0.4, -0.2) is 49.3 Å². The molecule has 1 rings (SSSR count). The fourth-order valence-corrected chi connectivity index (χ4v) is 2.08. The molecular weight excluding hydrogens is 176 g/mol. The van der Waals surface area contributed by atoms with E-state index in [1.165, 1.54) is 19.4 Å². The van der Waals surface area contributed by atoms with E-state index in [0.29, 0.717) is 0 Å². The van der Waals surface area contributed by atoms with Crippen molar-refractivity contribution >= 4 is 0 Å². The molecule has 0 aromatic rings. The van der Waals surface area contributed by atoms with E-state index >= 15 is 0 Å². The summed E-state index contributed by atoms with van der Waals surface area (Å²) in [4.78, 5) is 2.26. The second-order valence-corrected chi connectivity index (χ2v) is 4.50. The highest BCUT2D eigenvalue weighted by atomic mass is 16.3. The minimum Gasteiger partial charge on any atom is -0.392 e. The third-order valence-corrected chi connectivity index (χ3v) is 2.96. The van der Waals surface area contributed by atoms with E-state index in [4.69, 9.17) is 0 Å². The molecule has 3 nitrogen and oxygen atoms in total. The Morgan fingerprint density at radius 3 is 2.93 bits per heavy atom. The van der Waals surface area contributed by atoms with Crippen molar-refractivity contribution in [2.75, 3.05) is 33.2 Å². The molecular formula is C11H24N2O. The maximum atomic E-state index is 9.50. The number of aliphatic hydroxyl groups is 1. The number of nitrogens with zero attached hydrogens (tertiary/aromatic N) is 1. The molecule has 0 radical (unpaired) electrons. The number of aliphatic hydroxyl groups excluding tert-OH is 1. The van der Waals surface area contributed by atoms with Crippen molar-refractivity contribution in [2.45, 2.75) is 32.3 Å². The first-order chi connectivity index (χ1) is 6.72. The van der Waals surface area contributed by atoms with Crippen molar-refractivity contribution in [3.05, 3.63) is 0 Å². The van der Waals surface area contributed by atoms with Crippen molar-refractivity contribution in [1.82, 2.24) is 10.2 Å². The summed E-state index contributed by atoms with van der Waals surface area (Å²) in [6.45, 7) is 6.28. The summed E-state index contributed by atoms with van der Waals surface area (Å²) < 4.78 is 0. The van der Waals surface area contributed by atoms with Crippen molar-refractivity contribution in [3.8, 4) is 0 Å². The number of likely N-dealkylation sites (N-methyl/N-ethyl adjacent to an activating group) is 1. The Hall–Kier alpha value is -0.120. The molecule has 0 saturated carbocycles. The van der Waals surface area contributed by atoms with E-state index in [1.807, 2.05) is 6.92 Å². The van der Waals surface area contributed by atoms with Gasteiger partial charge in [0.2, 0.25) is 0 Å². The number of hydrogen-bond acceptors (Lipinski definition) is 3. The van der Waals surface area contributed by atoms with E-state index in [1.54, 1.807) is 0 Å². The molecule has 3 heteroatoms. The van der Waals surface area contributed by atoms with Gasteiger partial charge in [-0.2, -0.15) is 0 Å². The summed E-state index contributed by atoms with van der Waals surface area (Å²) in [6, 6.07) is 0. The van der Waals surface area contributed by atoms with E-state index in [2.05, 4.69) is 17.3 Å². The predicted molar refractivity (Wildman–Crippen MR) is 59.4 cm³/mol. The van der Waals surface area contributed by atoms with Crippen LogP contribution in [0.2, 0.25) is 0 Å².